The highest BCUT2D eigenvalue weighted by molar-refractivity contribution is 5.84. The number of carbonyl (C=O) groups is 2. The maximum atomic E-state index is 13.5. The maximum absolute atomic E-state index is 13.5. The molecule has 0 unspecified atom stereocenters. The van der Waals surface area contributed by atoms with Gasteiger partial charge in [-0.1, -0.05) is 5.16 Å². The molecular weight excluding hydrogens is 418 g/mol. The Balaban J connectivity index is 1.01. The normalized spacial score (nSPS) is 30.6. The number of pyridine rings is 1. The third kappa shape index (κ3) is 3.93. The first kappa shape index (κ1) is 20.8. The molecule has 174 valence electrons. The van der Waals surface area contributed by atoms with Gasteiger partial charge in [-0.2, -0.15) is 4.98 Å². The van der Waals surface area contributed by atoms with Crippen molar-refractivity contribution in [1.29, 1.82) is 0 Å². The molecule has 1 saturated heterocycles. The molecule has 4 bridgehead atoms. The molecule has 5 fully saturated rings. The first-order chi connectivity index (χ1) is 16.1. The predicted molar refractivity (Wildman–Crippen MR) is 120 cm³/mol. The summed E-state index contributed by atoms with van der Waals surface area (Å²) in [5.41, 5.74) is 0.747. The van der Waals surface area contributed by atoms with Crippen molar-refractivity contribution in [2.75, 3.05) is 26.2 Å². The van der Waals surface area contributed by atoms with E-state index in [0.717, 1.165) is 42.6 Å². The number of piperazine rings is 1. The van der Waals surface area contributed by atoms with Gasteiger partial charge in [0.15, 0.2) is 0 Å². The number of amides is 2. The van der Waals surface area contributed by atoms with Gasteiger partial charge in [0.1, 0.15) is 0 Å². The van der Waals surface area contributed by atoms with Crippen LogP contribution in [0.15, 0.2) is 29.0 Å². The molecule has 4 aliphatic carbocycles. The Morgan fingerprint density at radius 3 is 2.18 bits per heavy atom. The van der Waals surface area contributed by atoms with Crippen LogP contribution < -0.4 is 0 Å². The van der Waals surface area contributed by atoms with Crippen LogP contribution in [0.4, 0.5) is 0 Å². The third-order valence-electron chi connectivity index (χ3n) is 8.37. The molecule has 4 saturated carbocycles. The quantitative estimate of drug-likeness (QED) is 0.697. The molecule has 7 rings (SSSR count). The van der Waals surface area contributed by atoms with Crippen molar-refractivity contribution >= 4 is 11.8 Å². The Morgan fingerprint density at radius 2 is 1.55 bits per heavy atom. The Kier molecular flexibility index (Phi) is 5.18. The minimum absolute atomic E-state index is 0.0839. The van der Waals surface area contributed by atoms with Crippen LogP contribution in [-0.4, -0.2) is 62.9 Å². The molecule has 0 N–H and O–H groups in total. The number of rotatable bonds is 5. The molecule has 0 atom stereocenters. The first-order valence-corrected chi connectivity index (χ1v) is 12.4. The van der Waals surface area contributed by atoms with Gasteiger partial charge in [-0.15, -0.1) is 0 Å². The predicted octanol–water partition coefficient (Wildman–Crippen LogP) is 2.95. The molecule has 2 aromatic rings. The molecule has 0 radical (unpaired) electrons. The summed E-state index contributed by atoms with van der Waals surface area (Å²) in [6.45, 7) is 2.53. The highest BCUT2D eigenvalue weighted by atomic mass is 16.5. The van der Waals surface area contributed by atoms with E-state index in [-0.39, 0.29) is 11.3 Å². The Bertz CT molecular complexity index is 992. The lowest BCUT2D eigenvalue weighted by Crippen LogP contribution is -2.58. The van der Waals surface area contributed by atoms with E-state index in [1.165, 1.54) is 19.3 Å². The SMILES string of the molecule is O=C(CCc1nc(-c2ccncc2)no1)N1CCN(C(=O)C23CC4CC(CC(C4)C2)C3)CC1. The summed E-state index contributed by atoms with van der Waals surface area (Å²) in [5, 5.41) is 4.00. The average molecular weight is 450 g/mol. The van der Waals surface area contributed by atoms with Crippen LogP contribution in [-0.2, 0) is 16.0 Å². The molecular formula is C25H31N5O3. The molecule has 0 aromatic carbocycles. The number of aromatic nitrogens is 3. The number of aryl methyl sites for hydroxylation is 1. The van der Waals surface area contributed by atoms with Crippen molar-refractivity contribution in [1.82, 2.24) is 24.9 Å². The minimum atomic E-state index is -0.0919. The molecule has 0 spiro atoms. The molecule has 5 aliphatic rings. The van der Waals surface area contributed by atoms with Crippen LogP contribution in [0, 0.1) is 23.2 Å². The topological polar surface area (TPSA) is 92.4 Å². The highest BCUT2D eigenvalue weighted by Gasteiger charge is 2.55. The second kappa shape index (κ2) is 8.22. The number of nitrogens with zero attached hydrogens (tertiary/aromatic N) is 5. The fourth-order valence-corrected chi connectivity index (χ4v) is 7.21. The number of carbonyl (C=O) groups excluding carboxylic acids is 2. The summed E-state index contributed by atoms with van der Waals surface area (Å²) >= 11 is 0. The summed E-state index contributed by atoms with van der Waals surface area (Å²) in [6, 6.07) is 3.65. The van der Waals surface area contributed by atoms with E-state index in [0.29, 0.717) is 56.6 Å². The molecule has 8 nitrogen and oxygen atoms in total. The van der Waals surface area contributed by atoms with Crippen LogP contribution in [0.3, 0.4) is 0 Å². The smallest absolute Gasteiger partial charge is 0.228 e. The van der Waals surface area contributed by atoms with Crippen LogP contribution >= 0.6 is 0 Å². The van der Waals surface area contributed by atoms with E-state index in [4.69, 9.17) is 4.52 Å². The Hall–Kier alpha value is -2.77. The van der Waals surface area contributed by atoms with Crippen molar-refractivity contribution in [3.63, 3.8) is 0 Å². The molecule has 2 aromatic heterocycles. The molecule has 2 amide bonds. The fourth-order valence-electron chi connectivity index (χ4n) is 7.21. The van der Waals surface area contributed by atoms with E-state index in [1.807, 2.05) is 17.0 Å². The van der Waals surface area contributed by atoms with E-state index < -0.39 is 0 Å². The molecule has 1 aliphatic heterocycles. The van der Waals surface area contributed by atoms with Crippen LogP contribution in [0.25, 0.3) is 11.4 Å². The summed E-state index contributed by atoms with van der Waals surface area (Å²) in [5.74, 6) is 3.75. The van der Waals surface area contributed by atoms with E-state index >= 15 is 0 Å². The van der Waals surface area contributed by atoms with Gasteiger partial charge in [0.2, 0.25) is 23.5 Å². The van der Waals surface area contributed by atoms with Gasteiger partial charge in [0, 0.05) is 57.0 Å². The first-order valence-electron chi connectivity index (χ1n) is 12.4. The maximum Gasteiger partial charge on any atom is 0.228 e. The standard InChI is InChI=1S/C25H31N5O3/c31-22(2-1-21-27-23(28-33-21)20-3-5-26-6-4-20)29-7-9-30(10-8-29)24(32)25-14-17-11-18(15-25)13-19(12-17)16-25/h3-6,17-19H,1-2,7-16H2. The van der Waals surface area contributed by atoms with Crippen molar-refractivity contribution in [3.05, 3.63) is 30.4 Å². The van der Waals surface area contributed by atoms with E-state index in [2.05, 4.69) is 20.0 Å². The zero-order valence-corrected chi connectivity index (χ0v) is 19.0. The van der Waals surface area contributed by atoms with E-state index in [1.54, 1.807) is 12.4 Å². The van der Waals surface area contributed by atoms with Gasteiger partial charge in [0.25, 0.3) is 0 Å². The van der Waals surface area contributed by atoms with Gasteiger partial charge >= 0.3 is 0 Å². The van der Waals surface area contributed by atoms with Crippen molar-refractivity contribution < 1.29 is 14.1 Å². The van der Waals surface area contributed by atoms with Gasteiger partial charge < -0.3 is 14.3 Å². The van der Waals surface area contributed by atoms with Crippen LogP contribution in [0.2, 0.25) is 0 Å². The largest absolute Gasteiger partial charge is 0.339 e. The second-order valence-corrected chi connectivity index (χ2v) is 10.6. The molecule has 3 heterocycles. The van der Waals surface area contributed by atoms with E-state index in [9.17, 15) is 9.59 Å². The summed E-state index contributed by atoms with van der Waals surface area (Å²) in [7, 11) is 0. The lowest BCUT2D eigenvalue weighted by molar-refractivity contribution is -0.160. The molecule has 33 heavy (non-hydrogen) atoms. The monoisotopic (exact) mass is 449 g/mol. The average Bonchev–Trinajstić information content (AvgIpc) is 3.31. The summed E-state index contributed by atoms with van der Waals surface area (Å²) in [4.78, 5) is 38.6. The third-order valence-corrected chi connectivity index (χ3v) is 8.37. The van der Waals surface area contributed by atoms with Crippen molar-refractivity contribution in [2.24, 2.45) is 23.2 Å². The number of hydrogen-bond acceptors (Lipinski definition) is 6. The zero-order valence-electron chi connectivity index (χ0n) is 19.0. The minimum Gasteiger partial charge on any atom is -0.339 e. The second-order valence-electron chi connectivity index (χ2n) is 10.6. The Morgan fingerprint density at radius 1 is 0.939 bits per heavy atom. The van der Waals surface area contributed by atoms with Crippen molar-refractivity contribution in [3.8, 4) is 11.4 Å². The number of hydrogen-bond donors (Lipinski definition) is 0. The van der Waals surface area contributed by atoms with Gasteiger partial charge in [-0.05, 0) is 68.4 Å². The fraction of sp³-hybridized carbons (Fsp3) is 0.640. The molecule has 8 heteroatoms. The van der Waals surface area contributed by atoms with Gasteiger partial charge in [0.05, 0.1) is 5.41 Å². The highest BCUT2D eigenvalue weighted by Crippen LogP contribution is 2.60. The van der Waals surface area contributed by atoms with Crippen LogP contribution in [0.1, 0.15) is 50.8 Å². The van der Waals surface area contributed by atoms with Gasteiger partial charge in [-0.3, -0.25) is 14.6 Å². The Labute approximate surface area is 193 Å². The zero-order chi connectivity index (χ0) is 22.4. The summed E-state index contributed by atoms with van der Waals surface area (Å²) in [6.07, 6.45) is 11.5. The lowest BCUT2D eigenvalue weighted by atomic mass is 9.49. The van der Waals surface area contributed by atoms with Gasteiger partial charge in [-0.25, -0.2) is 0 Å². The van der Waals surface area contributed by atoms with Crippen molar-refractivity contribution in [2.45, 2.75) is 51.4 Å². The van der Waals surface area contributed by atoms with Crippen LogP contribution in [0.5, 0.6) is 0 Å². The lowest BCUT2D eigenvalue weighted by Gasteiger charge is -2.57. The summed E-state index contributed by atoms with van der Waals surface area (Å²) < 4.78 is 5.32.